The van der Waals surface area contributed by atoms with Crippen molar-refractivity contribution in [2.24, 2.45) is 11.7 Å². The maximum Gasteiger partial charge on any atom is 0.219 e. The Labute approximate surface area is 152 Å². The average Bonchev–Trinajstić information content (AvgIpc) is 2.65. The molecule has 1 heterocycles. The van der Waals surface area contributed by atoms with Gasteiger partial charge in [-0.2, -0.15) is 0 Å². The van der Waals surface area contributed by atoms with Crippen LogP contribution in [0.15, 0.2) is 24.3 Å². The number of carbonyl (C=O) groups is 1. The standard InChI is InChI=1S/C20H33N3O2/c1-3-18(16-21)6-4-5-15-25-20-9-7-19(8-10-20)23-13-11-22(12-14-23)17(2)24/h7-10,18H,3-6,11-16,21H2,1-2H3. The van der Waals surface area contributed by atoms with Gasteiger partial charge in [0.05, 0.1) is 6.61 Å². The lowest BCUT2D eigenvalue weighted by atomic mass is 10.00. The second-order valence-electron chi connectivity index (χ2n) is 6.84. The maximum absolute atomic E-state index is 11.4. The normalized spacial score (nSPS) is 16.0. The topological polar surface area (TPSA) is 58.8 Å². The molecule has 5 nitrogen and oxygen atoms in total. The first kappa shape index (κ1) is 19.6. The number of amides is 1. The third-order valence-corrected chi connectivity index (χ3v) is 5.11. The number of anilines is 1. The number of ether oxygens (including phenoxy) is 1. The van der Waals surface area contributed by atoms with Gasteiger partial charge in [0.2, 0.25) is 5.91 Å². The number of carbonyl (C=O) groups excluding carboxylic acids is 1. The molecule has 0 spiro atoms. The van der Waals surface area contributed by atoms with Crippen LogP contribution in [0.5, 0.6) is 5.75 Å². The van der Waals surface area contributed by atoms with Crippen molar-refractivity contribution in [1.82, 2.24) is 4.90 Å². The van der Waals surface area contributed by atoms with Crippen molar-refractivity contribution in [1.29, 1.82) is 0 Å². The summed E-state index contributed by atoms with van der Waals surface area (Å²) < 4.78 is 5.84. The molecule has 1 saturated heterocycles. The lowest BCUT2D eigenvalue weighted by Crippen LogP contribution is -2.48. The summed E-state index contributed by atoms with van der Waals surface area (Å²) in [4.78, 5) is 15.6. The highest BCUT2D eigenvalue weighted by atomic mass is 16.5. The summed E-state index contributed by atoms with van der Waals surface area (Å²) in [6.07, 6.45) is 4.61. The van der Waals surface area contributed by atoms with E-state index in [4.69, 9.17) is 10.5 Å². The van der Waals surface area contributed by atoms with Gasteiger partial charge in [0.15, 0.2) is 0 Å². The van der Waals surface area contributed by atoms with E-state index in [0.717, 1.165) is 51.5 Å². The third-order valence-electron chi connectivity index (χ3n) is 5.11. The predicted octanol–water partition coefficient (Wildman–Crippen LogP) is 2.89. The third kappa shape index (κ3) is 6.24. The molecule has 0 aromatic heterocycles. The number of hydrogen-bond donors (Lipinski definition) is 1. The molecular formula is C20H33N3O2. The molecule has 0 radical (unpaired) electrons. The van der Waals surface area contributed by atoms with Crippen LogP contribution in [-0.4, -0.2) is 50.1 Å². The van der Waals surface area contributed by atoms with E-state index in [1.165, 1.54) is 24.9 Å². The summed E-state index contributed by atoms with van der Waals surface area (Å²) in [6.45, 7) is 8.77. The van der Waals surface area contributed by atoms with E-state index in [2.05, 4.69) is 24.0 Å². The molecule has 0 aliphatic carbocycles. The quantitative estimate of drug-likeness (QED) is 0.698. The SMILES string of the molecule is CCC(CN)CCCCOc1ccc(N2CCN(C(C)=O)CC2)cc1. The lowest BCUT2D eigenvalue weighted by Gasteiger charge is -2.35. The van der Waals surface area contributed by atoms with Crippen LogP contribution < -0.4 is 15.4 Å². The second-order valence-corrected chi connectivity index (χ2v) is 6.84. The molecule has 1 aromatic rings. The highest BCUT2D eigenvalue weighted by Crippen LogP contribution is 2.21. The summed E-state index contributed by atoms with van der Waals surface area (Å²) >= 11 is 0. The van der Waals surface area contributed by atoms with Crippen molar-refractivity contribution in [2.45, 2.75) is 39.5 Å². The number of piperazine rings is 1. The molecular weight excluding hydrogens is 314 g/mol. The van der Waals surface area contributed by atoms with E-state index < -0.39 is 0 Å². The molecule has 0 saturated carbocycles. The predicted molar refractivity (Wildman–Crippen MR) is 103 cm³/mol. The molecule has 25 heavy (non-hydrogen) atoms. The smallest absolute Gasteiger partial charge is 0.219 e. The minimum absolute atomic E-state index is 0.167. The van der Waals surface area contributed by atoms with Gasteiger partial charge < -0.3 is 20.3 Å². The maximum atomic E-state index is 11.4. The highest BCUT2D eigenvalue weighted by Gasteiger charge is 2.18. The molecule has 1 fully saturated rings. The van der Waals surface area contributed by atoms with E-state index >= 15 is 0 Å². The number of rotatable bonds is 9. The van der Waals surface area contributed by atoms with Gasteiger partial charge in [-0.3, -0.25) is 4.79 Å². The van der Waals surface area contributed by atoms with Crippen LogP contribution in [0.2, 0.25) is 0 Å². The van der Waals surface area contributed by atoms with Crippen molar-refractivity contribution < 1.29 is 9.53 Å². The molecule has 2 N–H and O–H groups in total. The molecule has 5 heteroatoms. The van der Waals surface area contributed by atoms with Crippen LogP contribution in [0.25, 0.3) is 0 Å². The van der Waals surface area contributed by atoms with E-state index in [1.54, 1.807) is 6.92 Å². The van der Waals surface area contributed by atoms with Gasteiger partial charge >= 0.3 is 0 Å². The van der Waals surface area contributed by atoms with Gasteiger partial charge in [-0.1, -0.05) is 13.3 Å². The zero-order valence-electron chi connectivity index (χ0n) is 15.7. The Morgan fingerprint density at radius 2 is 1.84 bits per heavy atom. The fourth-order valence-electron chi connectivity index (χ4n) is 3.25. The van der Waals surface area contributed by atoms with Crippen LogP contribution >= 0.6 is 0 Å². The van der Waals surface area contributed by atoms with Crippen molar-refractivity contribution in [3.63, 3.8) is 0 Å². The van der Waals surface area contributed by atoms with Crippen LogP contribution in [0.1, 0.15) is 39.5 Å². The van der Waals surface area contributed by atoms with E-state index in [-0.39, 0.29) is 5.91 Å². The number of hydrogen-bond acceptors (Lipinski definition) is 4. The molecule has 2 rings (SSSR count). The highest BCUT2D eigenvalue weighted by molar-refractivity contribution is 5.73. The van der Waals surface area contributed by atoms with Crippen LogP contribution in [-0.2, 0) is 4.79 Å². The van der Waals surface area contributed by atoms with Gasteiger partial charge in [0.25, 0.3) is 0 Å². The Bertz CT molecular complexity index is 506. The molecule has 1 atom stereocenters. The fraction of sp³-hybridized carbons (Fsp3) is 0.650. The molecule has 140 valence electrons. The van der Waals surface area contributed by atoms with Crippen LogP contribution in [0.3, 0.4) is 0 Å². The van der Waals surface area contributed by atoms with Crippen molar-refractivity contribution in [3.05, 3.63) is 24.3 Å². The summed E-state index contributed by atoms with van der Waals surface area (Å²) in [5, 5.41) is 0. The average molecular weight is 348 g/mol. The van der Waals surface area contributed by atoms with Gasteiger partial charge in [0, 0.05) is 38.8 Å². The van der Waals surface area contributed by atoms with Gasteiger partial charge in [-0.15, -0.1) is 0 Å². The number of unbranched alkanes of at least 4 members (excludes halogenated alkanes) is 1. The molecule has 1 unspecified atom stereocenters. The molecule has 1 aromatic carbocycles. The summed E-state index contributed by atoms with van der Waals surface area (Å²) in [6, 6.07) is 8.31. The summed E-state index contributed by atoms with van der Waals surface area (Å²) in [5.41, 5.74) is 6.93. The Kier molecular flexibility index (Phi) is 8.06. The Hall–Kier alpha value is -1.75. The fourth-order valence-corrected chi connectivity index (χ4v) is 3.25. The molecule has 0 bridgehead atoms. The van der Waals surface area contributed by atoms with Crippen molar-refractivity contribution in [2.75, 3.05) is 44.2 Å². The first-order chi connectivity index (χ1) is 12.1. The molecule has 1 amide bonds. The first-order valence-corrected chi connectivity index (χ1v) is 9.57. The van der Waals surface area contributed by atoms with Crippen LogP contribution in [0.4, 0.5) is 5.69 Å². The van der Waals surface area contributed by atoms with Crippen molar-refractivity contribution >= 4 is 11.6 Å². The van der Waals surface area contributed by atoms with Crippen LogP contribution in [0, 0.1) is 5.92 Å². The largest absolute Gasteiger partial charge is 0.494 e. The van der Waals surface area contributed by atoms with E-state index in [9.17, 15) is 4.79 Å². The Balaban J connectivity index is 1.69. The lowest BCUT2D eigenvalue weighted by molar-refractivity contribution is -0.129. The van der Waals surface area contributed by atoms with Gasteiger partial charge in [-0.25, -0.2) is 0 Å². The monoisotopic (exact) mass is 347 g/mol. The van der Waals surface area contributed by atoms with Crippen molar-refractivity contribution in [3.8, 4) is 5.75 Å². The van der Waals surface area contributed by atoms with E-state index in [0.29, 0.717) is 5.92 Å². The van der Waals surface area contributed by atoms with Gasteiger partial charge in [0.1, 0.15) is 5.75 Å². The zero-order chi connectivity index (χ0) is 18.1. The second kappa shape index (κ2) is 10.3. The Morgan fingerprint density at radius 1 is 1.16 bits per heavy atom. The van der Waals surface area contributed by atoms with E-state index in [1.807, 2.05) is 17.0 Å². The number of nitrogens with zero attached hydrogens (tertiary/aromatic N) is 2. The molecule has 1 aliphatic heterocycles. The summed E-state index contributed by atoms with van der Waals surface area (Å²) in [7, 11) is 0. The van der Waals surface area contributed by atoms with Gasteiger partial charge in [-0.05, 0) is 56.0 Å². The summed E-state index contributed by atoms with van der Waals surface area (Å²) in [5.74, 6) is 1.75. The minimum Gasteiger partial charge on any atom is -0.494 e. The Morgan fingerprint density at radius 3 is 2.40 bits per heavy atom. The number of nitrogens with two attached hydrogens (primary N) is 1. The number of benzene rings is 1. The zero-order valence-corrected chi connectivity index (χ0v) is 15.7. The molecule has 1 aliphatic rings. The minimum atomic E-state index is 0.167. The first-order valence-electron chi connectivity index (χ1n) is 9.57.